The Balaban J connectivity index is 2.22. The van der Waals surface area contributed by atoms with E-state index in [1.165, 1.54) is 41.4 Å². The van der Waals surface area contributed by atoms with Crippen molar-refractivity contribution in [2.24, 2.45) is 5.41 Å². The maximum Gasteiger partial charge on any atom is 0.328 e. The van der Waals surface area contributed by atoms with Crippen molar-refractivity contribution in [2.45, 2.75) is 47.0 Å². The Labute approximate surface area is 148 Å². The monoisotopic (exact) mass is 342 g/mol. The van der Waals surface area contributed by atoms with Gasteiger partial charge in [-0.3, -0.25) is 0 Å². The molecule has 0 radical (unpaired) electrons. The fourth-order valence-corrected chi connectivity index (χ4v) is 4.02. The van der Waals surface area contributed by atoms with Crippen LogP contribution in [0.25, 0.3) is 12.2 Å². The molecule has 2 rings (SSSR count). The molecule has 1 aliphatic carbocycles. The van der Waals surface area contributed by atoms with E-state index in [0.717, 1.165) is 11.1 Å². The molecule has 24 heavy (non-hydrogen) atoms. The lowest BCUT2D eigenvalue weighted by Gasteiger charge is -2.32. The molecule has 1 aliphatic rings. The molecule has 0 atom stereocenters. The number of carbonyl (C=O) groups is 1. The summed E-state index contributed by atoms with van der Waals surface area (Å²) in [4.78, 5) is 11.9. The fraction of sp³-hybridized carbons (Fsp3) is 0.381. The van der Waals surface area contributed by atoms with Crippen molar-refractivity contribution in [3.63, 3.8) is 0 Å². The lowest BCUT2D eigenvalue weighted by Crippen LogP contribution is -2.18. The van der Waals surface area contributed by atoms with E-state index < -0.39 is 5.97 Å². The van der Waals surface area contributed by atoms with Gasteiger partial charge in [-0.05, 0) is 72.8 Å². The minimum atomic E-state index is -0.912. The molecule has 0 amide bonds. The molecular weight excluding hydrogens is 316 g/mol. The van der Waals surface area contributed by atoms with E-state index in [-0.39, 0.29) is 5.41 Å². The highest BCUT2D eigenvalue weighted by molar-refractivity contribution is 7.11. The zero-order valence-corrected chi connectivity index (χ0v) is 15.7. The number of thiophene rings is 1. The van der Waals surface area contributed by atoms with Crippen LogP contribution in [0.2, 0.25) is 0 Å². The second kappa shape index (κ2) is 7.80. The SMILES string of the molecule is CC1=C(/C=C/c2sccc2/C=C/C(C)=C/C(=O)O)C(C)(C)CCC1. The van der Waals surface area contributed by atoms with Gasteiger partial charge in [0, 0.05) is 11.0 Å². The third-order valence-electron chi connectivity index (χ3n) is 4.55. The molecule has 0 bridgehead atoms. The highest BCUT2D eigenvalue weighted by Crippen LogP contribution is 2.41. The average Bonchev–Trinajstić information content (AvgIpc) is 2.90. The fourth-order valence-electron chi connectivity index (χ4n) is 3.24. The summed E-state index contributed by atoms with van der Waals surface area (Å²) in [5.41, 5.74) is 5.06. The lowest BCUT2D eigenvalue weighted by molar-refractivity contribution is -0.131. The van der Waals surface area contributed by atoms with Gasteiger partial charge in [0.1, 0.15) is 0 Å². The standard InChI is InChI=1S/C21H26O2S/c1-15(14-20(22)23)7-8-17-11-13-24-19(17)10-9-18-16(2)6-5-12-21(18,3)4/h7-11,13-14H,5-6,12H2,1-4H3,(H,22,23)/b8-7+,10-9+,15-14+. The van der Waals surface area contributed by atoms with Crippen molar-refractivity contribution in [1.82, 2.24) is 0 Å². The minimum absolute atomic E-state index is 0.243. The largest absolute Gasteiger partial charge is 0.478 e. The summed E-state index contributed by atoms with van der Waals surface area (Å²) in [5.74, 6) is -0.912. The molecule has 0 fully saturated rings. The zero-order chi connectivity index (χ0) is 17.7. The van der Waals surface area contributed by atoms with Gasteiger partial charge in [-0.1, -0.05) is 37.6 Å². The van der Waals surface area contributed by atoms with Gasteiger partial charge in [0.25, 0.3) is 0 Å². The van der Waals surface area contributed by atoms with Crippen molar-refractivity contribution in [2.75, 3.05) is 0 Å². The molecule has 0 saturated carbocycles. The smallest absolute Gasteiger partial charge is 0.328 e. The predicted molar refractivity (Wildman–Crippen MR) is 104 cm³/mol. The van der Waals surface area contributed by atoms with Gasteiger partial charge in [-0.25, -0.2) is 4.79 Å². The Morgan fingerprint density at radius 3 is 2.71 bits per heavy atom. The third kappa shape index (κ3) is 4.81. The van der Waals surface area contributed by atoms with Crippen molar-refractivity contribution >= 4 is 29.5 Å². The molecule has 1 N–H and O–H groups in total. The van der Waals surface area contributed by atoms with Gasteiger partial charge < -0.3 is 5.11 Å². The van der Waals surface area contributed by atoms with E-state index in [0.29, 0.717) is 0 Å². The van der Waals surface area contributed by atoms with Crippen LogP contribution in [-0.4, -0.2) is 11.1 Å². The number of hydrogen-bond acceptors (Lipinski definition) is 2. The van der Waals surface area contributed by atoms with Gasteiger partial charge >= 0.3 is 5.97 Å². The van der Waals surface area contributed by atoms with Crippen molar-refractivity contribution < 1.29 is 9.90 Å². The Morgan fingerprint density at radius 2 is 2.04 bits per heavy atom. The quantitative estimate of drug-likeness (QED) is 0.501. The number of hydrogen-bond donors (Lipinski definition) is 1. The summed E-state index contributed by atoms with van der Waals surface area (Å²) in [6.07, 6.45) is 13.2. The highest BCUT2D eigenvalue weighted by Gasteiger charge is 2.26. The normalized spacial score (nSPS) is 18.8. The Morgan fingerprint density at radius 1 is 1.29 bits per heavy atom. The van der Waals surface area contributed by atoms with Crippen LogP contribution in [0, 0.1) is 5.41 Å². The van der Waals surface area contributed by atoms with Crippen LogP contribution in [0.5, 0.6) is 0 Å². The molecule has 0 aromatic carbocycles. The average molecular weight is 343 g/mol. The van der Waals surface area contributed by atoms with Crippen LogP contribution < -0.4 is 0 Å². The summed E-state index contributed by atoms with van der Waals surface area (Å²) in [5, 5.41) is 10.8. The predicted octanol–water partition coefficient (Wildman–Crippen LogP) is 6.33. The third-order valence-corrected chi connectivity index (χ3v) is 5.45. The van der Waals surface area contributed by atoms with Gasteiger partial charge in [-0.15, -0.1) is 11.3 Å². The zero-order valence-electron chi connectivity index (χ0n) is 14.9. The van der Waals surface area contributed by atoms with Gasteiger partial charge in [0.2, 0.25) is 0 Å². The van der Waals surface area contributed by atoms with Gasteiger partial charge in [0.05, 0.1) is 0 Å². The first-order chi connectivity index (χ1) is 11.3. The molecular formula is C21H26O2S. The maximum absolute atomic E-state index is 10.7. The van der Waals surface area contributed by atoms with E-state index in [4.69, 9.17) is 5.11 Å². The minimum Gasteiger partial charge on any atom is -0.478 e. The Kier molecular flexibility index (Phi) is 6.00. The molecule has 0 aliphatic heterocycles. The van der Waals surface area contributed by atoms with Crippen molar-refractivity contribution in [1.29, 1.82) is 0 Å². The summed E-state index contributed by atoms with van der Waals surface area (Å²) >= 11 is 1.71. The van der Waals surface area contributed by atoms with E-state index >= 15 is 0 Å². The Bertz CT molecular complexity index is 727. The second-order valence-electron chi connectivity index (χ2n) is 7.06. The van der Waals surface area contributed by atoms with Crippen LogP contribution in [0.15, 0.2) is 46.4 Å². The Hall–Kier alpha value is -1.87. The van der Waals surface area contributed by atoms with Crippen molar-refractivity contribution in [3.8, 4) is 0 Å². The first kappa shape index (κ1) is 18.5. The van der Waals surface area contributed by atoms with Crippen molar-refractivity contribution in [3.05, 3.63) is 56.8 Å². The van der Waals surface area contributed by atoms with Crippen LogP contribution in [0.1, 0.15) is 57.4 Å². The number of carboxylic acid groups (broad SMARTS) is 1. The number of allylic oxidation sites excluding steroid dienone is 5. The molecule has 2 nitrogen and oxygen atoms in total. The molecule has 0 unspecified atom stereocenters. The van der Waals surface area contributed by atoms with Gasteiger partial charge in [-0.2, -0.15) is 0 Å². The number of aliphatic carboxylic acids is 1. The summed E-state index contributed by atoms with van der Waals surface area (Å²) in [7, 11) is 0. The summed E-state index contributed by atoms with van der Waals surface area (Å²) < 4.78 is 0. The van der Waals surface area contributed by atoms with Crippen LogP contribution in [0.3, 0.4) is 0 Å². The highest BCUT2D eigenvalue weighted by atomic mass is 32.1. The molecule has 3 heteroatoms. The lowest BCUT2D eigenvalue weighted by atomic mass is 9.72. The summed E-state index contributed by atoms with van der Waals surface area (Å²) in [6, 6.07) is 2.07. The topological polar surface area (TPSA) is 37.3 Å². The summed E-state index contributed by atoms with van der Waals surface area (Å²) in [6.45, 7) is 8.69. The van der Waals surface area contributed by atoms with Crippen LogP contribution >= 0.6 is 11.3 Å². The first-order valence-electron chi connectivity index (χ1n) is 8.35. The van der Waals surface area contributed by atoms with E-state index in [1.54, 1.807) is 18.3 Å². The first-order valence-corrected chi connectivity index (χ1v) is 9.23. The van der Waals surface area contributed by atoms with E-state index in [9.17, 15) is 4.79 Å². The maximum atomic E-state index is 10.7. The van der Waals surface area contributed by atoms with Gasteiger partial charge in [0.15, 0.2) is 0 Å². The molecule has 0 spiro atoms. The van der Waals surface area contributed by atoms with Crippen LogP contribution in [0.4, 0.5) is 0 Å². The second-order valence-corrected chi connectivity index (χ2v) is 8.01. The molecule has 128 valence electrons. The molecule has 1 heterocycles. The molecule has 1 aromatic heterocycles. The number of carboxylic acids is 1. The van der Waals surface area contributed by atoms with E-state index in [1.807, 2.05) is 12.2 Å². The molecule has 1 aromatic rings. The van der Waals surface area contributed by atoms with E-state index in [2.05, 4.69) is 44.4 Å². The number of rotatable bonds is 5. The van der Waals surface area contributed by atoms with Crippen LogP contribution in [-0.2, 0) is 4.79 Å². The molecule has 0 saturated heterocycles.